The van der Waals surface area contributed by atoms with Gasteiger partial charge in [0.05, 0.1) is 0 Å². The predicted octanol–water partition coefficient (Wildman–Crippen LogP) is 1.72. The van der Waals surface area contributed by atoms with Crippen LogP contribution in [0.25, 0.3) is 0 Å². The van der Waals surface area contributed by atoms with E-state index in [4.69, 9.17) is 15.8 Å². The van der Waals surface area contributed by atoms with E-state index in [1.165, 1.54) is 5.56 Å². The fraction of sp³-hybridized carbons (Fsp3) is 0.647. The molecule has 0 saturated heterocycles. The first-order valence-electron chi connectivity index (χ1n) is 8.38. The van der Waals surface area contributed by atoms with Gasteiger partial charge in [0.25, 0.3) is 0 Å². The van der Waals surface area contributed by atoms with Crippen molar-refractivity contribution in [3.8, 4) is 0 Å². The molecule has 1 aliphatic carbocycles. The monoisotopic (exact) mass is 304 g/mol. The van der Waals surface area contributed by atoms with Gasteiger partial charge in [0.2, 0.25) is 0 Å². The van der Waals surface area contributed by atoms with Gasteiger partial charge in [-0.15, -0.1) is 0 Å². The molecule has 5 heteroatoms. The second kappa shape index (κ2) is 8.68. The highest BCUT2D eigenvalue weighted by atomic mass is 16.4. The molecule has 122 valence electrons. The van der Waals surface area contributed by atoms with Crippen LogP contribution >= 0.6 is 0 Å². The number of hydrogen-bond donors (Lipinski definition) is 3. The third kappa shape index (κ3) is 5.73. The zero-order chi connectivity index (χ0) is 15.9. The first kappa shape index (κ1) is 17.5. The highest BCUT2D eigenvalue weighted by Crippen LogP contribution is 2.31. The molecule has 0 aliphatic heterocycles. The van der Waals surface area contributed by atoms with Crippen LogP contribution in [0.2, 0.25) is 6.32 Å². The zero-order valence-electron chi connectivity index (χ0n) is 13.6. The summed E-state index contributed by atoms with van der Waals surface area (Å²) in [5, 5.41) is 18.0. The summed E-state index contributed by atoms with van der Waals surface area (Å²) < 4.78 is 0. The van der Waals surface area contributed by atoms with Gasteiger partial charge in [0, 0.05) is 19.1 Å². The maximum atomic E-state index is 8.98. The Hall–Kier alpha value is -0.875. The normalized spacial score (nSPS) is 25.4. The summed E-state index contributed by atoms with van der Waals surface area (Å²) >= 11 is 0. The Morgan fingerprint density at radius 1 is 1.23 bits per heavy atom. The third-order valence-corrected chi connectivity index (χ3v) is 4.83. The third-order valence-electron chi connectivity index (χ3n) is 4.83. The molecule has 0 amide bonds. The number of benzene rings is 1. The molecule has 0 spiro atoms. The molecule has 4 nitrogen and oxygen atoms in total. The molecular formula is C17H29BN2O2. The van der Waals surface area contributed by atoms with Gasteiger partial charge in [0.15, 0.2) is 0 Å². The van der Waals surface area contributed by atoms with E-state index in [1.54, 1.807) is 0 Å². The van der Waals surface area contributed by atoms with Crippen LogP contribution in [0.1, 0.15) is 31.2 Å². The fourth-order valence-corrected chi connectivity index (χ4v) is 3.59. The molecule has 3 unspecified atom stereocenters. The summed E-state index contributed by atoms with van der Waals surface area (Å²) in [6.45, 7) is 2.00. The van der Waals surface area contributed by atoms with Crippen LogP contribution in [0.5, 0.6) is 0 Å². The van der Waals surface area contributed by atoms with E-state index in [2.05, 4.69) is 36.2 Å². The van der Waals surface area contributed by atoms with Crippen molar-refractivity contribution in [1.82, 2.24) is 4.90 Å². The highest BCUT2D eigenvalue weighted by molar-refractivity contribution is 6.40. The minimum absolute atomic E-state index is 0.229. The van der Waals surface area contributed by atoms with Crippen molar-refractivity contribution >= 4 is 7.12 Å². The topological polar surface area (TPSA) is 69.7 Å². The van der Waals surface area contributed by atoms with Gasteiger partial charge < -0.3 is 20.7 Å². The molecule has 0 bridgehead atoms. The van der Waals surface area contributed by atoms with Crippen molar-refractivity contribution in [2.24, 2.45) is 17.6 Å². The van der Waals surface area contributed by atoms with Gasteiger partial charge in [-0.2, -0.15) is 0 Å². The summed E-state index contributed by atoms with van der Waals surface area (Å²) in [6.07, 6.45) is 4.65. The molecule has 4 N–H and O–H groups in total. The van der Waals surface area contributed by atoms with E-state index >= 15 is 0 Å². The maximum Gasteiger partial charge on any atom is 0.451 e. The predicted molar refractivity (Wildman–Crippen MR) is 91.2 cm³/mol. The summed E-state index contributed by atoms with van der Waals surface area (Å²) in [5.74, 6) is 1.09. The van der Waals surface area contributed by atoms with Crippen molar-refractivity contribution in [2.75, 3.05) is 13.6 Å². The Morgan fingerprint density at radius 3 is 2.59 bits per heavy atom. The first-order valence-corrected chi connectivity index (χ1v) is 8.38. The molecular weight excluding hydrogens is 275 g/mol. The lowest BCUT2D eigenvalue weighted by molar-refractivity contribution is 0.172. The van der Waals surface area contributed by atoms with Crippen LogP contribution in [-0.4, -0.2) is 41.7 Å². The van der Waals surface area contributed by atoms with E-state index in [9.17, 15) is 0 Å². The molecule has 1 saturated carbocycles. The second-order valence-corrected chi connectivity index (χ2v) is 6.84. The van der Waals surface area contributed by atoms with Crippen molar-refractivity contribution in [1.29, 1.82) is 0 Å². The van der Waals surface area contributed by atoms with E-state index in [1.807, 2.05) is 6.07 Å². The summed E-state index contributed by atoms with van der Waals surface area (Å²) in [4.78, 5) is 2.36. The Labute approximate surface area is 134 Å². The maximum absolute atomic E-state index is 8.98. The van der Waals surface area contributed by atoms with E-state index in [0.29, 0.717) is 18.2 Å². The average molecular weight is 304 g/mol. The van der Waals surface area contributed by atoms with Crippen molar-refractivity contribution < 1.29 is 10.0 Å². The SMILES string of the molecule is CN(Cc1ccccc1)CC1CCC(CCB(O)O)CC1N. The largest absolute Gasteiger partial charge is 0.451 e. The first-order chi connectivity index (χ1) is 10.5. The molecule has 1 fully saturated rings. The second-order valence-electron chi connectivity index (χ2n) is 6.84. The van der Waals surface area contributed by atoms with Gasteiger partial charge in [-0.25, -0.2) is 0 Å². The quantitative estimate of drug-likeness (QED) is 0.671. The molecule has 0 aromatic heterocycles. The molecule has 0 heterocycles. The fourth-order valence-electron chi connectivity index (χ4n) is 3.59. The standard InChI is InChI=1S/C17H29BN2O2/c1-20(12-15-5-3-2-4-6-15)13-16-8-7-14(11-17(16)19)9-10-18(21)22/h2-6,14,16-17,21-22H,7-13,19H2,1H3. The Bertz CT molecular complexity index is 430. The lowest BCUT2D eigenvalue weighted by Crippen LogP contribution is -2.42. The van der Waals surface area contributed by atoms with Crippen LogP contribution in [0.15, 0.2) is 30.3 Å². The van der Waals surface area contributed by atoms with Crippen LogP contribution in [0.3, 0.4) is 0 Å². The Kier molecular flexibility index (Phi) is 6.89. The molecule has 2 rings (SSSR count). The average Bonchev–Trinajstić information content (AvgIpc) is 2.48. The summed E-state index contributed by atoms with van der Waals surface area (Å²) in [7, 11) is 0.986. The molecule has 1 aliphatic rings. The van der Waals surface area contributed by atoms with E-state index in [-0.39, 0.29) is 6.04 Å². The summed E-state index contributed by atoms with van der Waals surface area (Å²) in [5.41, 5.74) is 7.70. The number of rotatable bonds is 7. The van der Waals surface area contributed by atoms with Gasteiger partial charge in [0.1, 0.15) is 0 Å². The van der Waals surface area contributed by atoms with Crippen molar-refractivity contribution in [3.05, 3.63) is 35.9 Å². The minimum atomic E-state index is -1.18. The van der Waals surface area contributed by atoms with Gasteiger partial charge in [-0.05, 0) is 43.6 Å². The Balaban J connectivity index is 1.74. The smallest absolute Gasteiger partial charge is 0.427 e. The molecule has 3 atom stereocenters. The van der Waals surface area contributed by atoms with Crippen LogP contribution in [0.4, 0.5) is 0 Å². The highest BCUT2D eigenvalue weighted by Gasteiger charge is 2.29. The lowest BCUT2D eigenvalue weighted by Gasteiger charge is -2.36. The van der Waals surface area contributed by atoms with Crippen molar-refractivity contribution in [2.45, 2.75) is 44.6 Å². The van der Waals surface area contributed by atoms with Crippen molar-refractivity contribution in [3.63, 3.8) is 0 Å². The number of hydrogen-bond acceptors (Lipinski definition) is 4. The van der Waals surface area contributed by atoms with Crippen LogP contribution < -0.4 is 5.73 Å². The van der Waals surface area contributed by atoms with E-state index in [0.717, 1.165) is 38.8 Å². The minimum Gasteiger partial charge on any atom is -0.427 e. The van der Waals surface area contributed by atoms with Gasteiger partial charge in [-0.1, -0.05) is 43.2 Å². The number of nitrogens with two attached hydrogens (primary N) is 1. The zero-order valence-corrected chi connectivity index (χ0v) is 13.6. The molecule has 1 aromatic rings. The number of nitrogens with zero attached hydrogens (tertiary/aromatic N) is 1. The lowest BCUT2D eigenvalue weighted by atomic mass is 9.72. The van der Waals surface area contributed by atoms with Gasteiger partial charge >= 0.3 is 7.12 Å². The molecule has 1 aromatic carbocycles. The van der Waals surface area contributed by atoms with Crippen LogP contribution in [-0.2, 0) is 6.54 Å². The molecule has 0 radical (unpaired) electrons. The Morgan fingerprint density at radius 2 is 1.95 bits per heavy atom. The summed E-state index contributed by atoms with van der Waals surface area (Å²) in [6, 6.07) is 10.8. The van der Waals surface area contributed by atoms with Gasteiger partial charge in [-0.3, -0.25) is 0 Å². The van der Waals surface area contributed by atoms with Crippen LogP contribution in [0, 0.1) is 11.8 Å². The van der Waals surface area contributed by atoms with E-state index < -0.39 is 7.12 Å². The molecule has 22 heavy (non-hydrogen) atoms.